The topological polar surface area (TPSA) is 38.7 Å². The zero-order chi connectivity index (χ0) is 19.1. The normalized spacial score (nSPS) is 11.2. The van der Waals surface area contributed by atoms with Crippen molar-refractivity contribution in [1.29, 1.82) is 0 Å². The van der Waals surface area contributed by atoms with Gasteiger partial charge in [-0.05, 0) is 41.0 Å². The van der Waals surface area contributed by atoms with Gasteiger partial charge in [0, 0.05) is 19.3 Å². The molecule has 0 heterocycles. The van der Waals surface area contributed by atoms with Crippen molar-refractivity contribution >= 4 is 0 Å². The molecule has 1 N–H and O–H groups in total. The van der Waals surface area contributed by atoms with E-state index < -0.39 is 5.60 Å². The van der Waals surface area contributed by atoms with E-state index in [1.54, 1.807) is 14.2 Å². The van der Waals surface area contributed by atoms with Crippen LogP contribution in [0.4, 0.5) is 0 Å². The van der Waals surface area contributed by atoms with Crippen molar-refractivity contribution in [3.8, 4) is 11.5 Å². The van der Waals surface area contributed by atoms with Crippen molar-refractivity contribution in [2.24, 2.45) is 0 Å². The Balaban J connectivity index is 1.84. The maximum Gasteiger partial charge on any atom is 0.118 e. The van der Waals surface area contributed by atoms with Gasteiger partial charge >= 0.3 is 0 Å². The molecule has 0 aromatic heterocycles. The van der Waals surface area contributed by atoms with Crippen molar-refractivity contribution in [3.63, 3.8) is 0 Å². The lowest BCUT2D eigenvalue weighted by atomic mass is 9.83. The van der Waals surface area contributed by atoms with Crippen LogP contribution in [-0.4, -0.2) is 24.9 Å². The van der Waals surface area contributed by atoms with Crippen LogP contribution in [-0.2, 0) is 19.3 Å². The van der Waals surface area contributed by atoms with Gasteiger partial charge in [-0.25, -0.2) is 0 Å². The molecule has 3 rings (SSSR count). The summed E-state index contributed by atoms with van der Waals surface area (Å²) in [4.78, 5) is 0. The molecule has 0 aliphatic heterocycles. The minimum absolute atomic E-state index is 0.567. The average Bonchev–Trinajstić information content (AvgIpc) is 2.69. The lowest BCUT2D eigenvalue weighted by Crippen LogP contribution is -2.36. The summed E-state index contributed by atoms with van der Waals surface area (Å²) in [6.45, 7) is 0. The Morgan fingerprint density at radius 1 is 0.593 bits per heavy atom. The Bertz CT molecular complexity index is 774. The van der Waals surface area contributed by atoms with E-state index >= 15 is 0 Å². The number of benzene rings is 3. The molecule has 0 saturated heterocycles. The minimum atomic E-state index is -0.884. The van der Waals surface area contributed by atoms with Crippen LogP contribution in [0.25, 0.3) is 0 Å². The van der Waals surface area contributed by atoms with Gasteiger partial charge in [0.15, 0.2) is 0 Å². The van der Waals surface area contributed by atoms with Gasteiger partial charge in [-0.15, -0.1) is 0 Å². The highest BCUT2D eigenvalue weighted by Gasteiger charge is 2.28. The van der Waals surface area contributed by atoms with Crippen molar-refractivity contribution in [1.82, 2.24) is 0 Å². The highest BCUT2D eigenvalue weighted by molar-refractivity contribution is 5.32. The molecule has 3 nitrogen and oxygen atoms in total. The van der Waals surface area contributed by atoms with Crippen LogP contribution in [0.3, 0.4) is 0 Å². The smallest absolute Gasteiger partial charge is 0.118 e. The van der Waals surface area contributed by atoms with Crippen LogP contribution in [0.2, 0.25) is 0 Å². The van der Waals surface area contributed by atoms with Crippen LogP contribution in [0.1, 0.15) is 16.7 Å². The van der Waals surface area contributed by atoms with E-state index in [2.05, 4.69) is 12.1 Å². The Hall–Kier alpha value is -2.78. The van der Waals surface area contributed by atoms with E-state index in [9.17, 15) is 5.11 Å². The molecule has 0 atom stereocenters. The second-order valence-corrected chi connectivity index (χ2v) is 6.94. The van der Waals surface area contributed by atoms with Gasteiger partial charge in [0.05, 0.1) is 19.8 Å². The van der Waals surface area contributed by atoms with E-state index in [1.165, 1.54) is 0 Å². The van der Waals surface area contributed by atoms with E-state index in [-0.39, 0.29) is 0 Å². The predicted molar refractivity (Wildman–Crippen MR) is 108 cm³/mol. The molecule has 0 saturated carbocycles. The lowest BCUT2D eigenvalue weighted by molar-refractivity contribution is 0.0411. The second-order valence-electron chi connectivity index (χ2n) is 6.94. The summed E-state index contributed by atoms with van der Waals surface area (Å²) in [5.74, 6) is 1.64. The zero-order valence-corrected chi connectivity index (χ0v) is 15.9. The fourth-order valence-electron chi connectivity index (χ4n) is 3.41. The third kappa shape index (κ3) is 5.35. The first kappa shape index (κ1) is 19.0. The van der Waals surface area contributed by atoms with Crippen LogP contribution in [0.15, 0.2) is 78.9 Å². The predicted octanol–water partition coefficient (Wildman–Crippen LogP) is 4.46. The summed E-state index contributed by atoms with van der Waals surface area (Å²) in [6.07, 6.45) is 1.72. The number of hydrogen-bond acceptors (Lipinski definition) is 3. The summed E-state index contributed by atoms with van der Waals surface area (Å²) in [5, 5.41) is 11.6. The molecule has 27 heavy (non-hydrogen) atoms. The number of ether oxygens (including phenoxy) is 2. The maximum atomic E-state index is 11.6. The highest BCUT2D eigenvalue weighted by Crippen LogP contribution is 2.26. The van der Waals surface area contributed by atoms with E-state index in [0.29, 0.717) is 19.3 Å². The number of hydrogen-bond donors (Lipinski definition) is 1. The highest BCUT2D eigenvalue weighted by atomic mass is 16.5. The van der Waals surface area contributed by atoms with E-state index in [4.69, 9.17) is 9.47 Å². The standard InChI is InChI=1S/C24H26O3/c1-26-22-12-8-20(9-13-22)17-24(25,16-19-6-4-3-5-7-19)18-21-10-14-23(27-2)15-11-21/h3-15,25H,16-18H2,1-2H3. The van der Waals surface area contributed by atoms with Gasteiger partial charge in [-0.2, -0.15) is 0 Å². The van der Waals surface area contributed by atoms with Gasteiger partial charge in [-0.3, -0.25) is 0 Å². The zero-order valence-electron chi connectivity index (χ0n) is 15.9. The maximum absolute atomic E-state index is 11.6. The van der Waals surface area contributed by atoms with Crippen LogP contribution in [0.5, 0.6) is 11.5 Å². The lowest BCUT2D eigenvalue weighted by Gasteiger charge is -2.29. The molecule has 0 fully saturated rings. The van der Waals surface area contributed by atoms with Gasteiger partial charge < -0.3 is 14.6 Å². The molecule has 3 heteroatoms. The third-order valence-corrected chi connectivity index (χ3v) is 4.76. The van der Waals surface area contributed by atoms with Crippen molar-refractivity contribution in [3.05, 3.63) is 95.6 Å². The first-order valence-electron chi connectivity index (χ1n) is 9.12. The molecule has 0 bridgehead atoms. The number of rotatable bonds is 8. The molecule has 3 aromatic rings. The van der Waals surface area contributed by atoms with E-state index in [0.717, 1.165) is 28.2 Å². The van der Waals surface area contributed by atoms with Gasteiger partial charge in [-0.1, -0.05) is 54.6 Å². The first-order chi connectivity index (χ1) is 13.1. The summed E-state index contributed by atoms with van der Waals surface area (Å²) in [7, 11) is 3.31. The van der Waals surface area contributed by atoms with Crippen molar-refractivity contribution in [2.75, 3.05) is 14.2 Å². The van der Waals surface area contributed by atoms with Crippen molar-refractivity contribution in [2.45, 2.75) is 24.9 Å². The van der Waals surface area contributed by atoms with Gasteiger partial charge in [0.1, 0.15) is 11.5 Å². The molecule has 0 radical (unpaired) electrons. The molecule has 0 amide bonds. The molecule has 0 aliphatic rings. The largest absolute Gasteiger partial charge is 0.497 e. The number of aliphatic hydroxyl groups is 1. The monoisotopic (exact) mass is 362 g/mol. The van der Waals surface area contributed by atoms with Gasteiger partial charge in [0.2, 0.25) is 0 Å². The first-order valence-corrected chi connectivity index (χ1v) is 9.12. The molecule has 140 valence electrons. The van der Waals surface area contributed by atoms with Crippen LogP contribution < -0.4 is 9.47 Å². The van der Waals surface area contributed by atoms with Gasteiger partial charge in [0.25, 0.3) is 0 Å². The molecular weight excluding hydrogens is 336 g/mol. The average molecular weight is 362 g/mol. The molecule has 0 aliphatic carbocycles. The Labute approximate surface area is 161 Å². The summed E-state index contributed by atoms with van der Waals surface area (Å²) < 4.78 is 10.5. The van der Waals surface area contributed by atoms with Crippen LogP contribution in [0, 0.1) is 0 Å². The SMILES string of the molecule is COc1ccc(CC(O)(Cc2ccccc2)Cc2ccc(OC)cc2)cc1. The summed E-state index contributed by atoms with van der Waals surface area (Å²) >= 11 is 0. The second kappa shape index (κ2) is 8.74. The molecule has 0 spiro atoms. The minimum Gasteiger partial charge on any atom is -0.497 e. The summed E-state index contributed by atoms with van der Waals surface area (Å²) in [6, 6.07) is 26.0. The quantitative estimate of drug-likeness (QED) is 0.643. The molecular formula is C24H26O3. The Morgan fingerprint density at radius 2 is 0.963 bits per heavy atom. The Morgan fingerprint density at radius 3 is 1.33 bits per heavy atom. The van der Waals surface area contributed by atoms with Crippen LogP contribution >= 0.6 is 0 Å². The fraction of sp³-hybridized carbons (Fsp3) is 0.250. The molecule has 3 aromatic carbocycles. The van der Waals surface area contributed by atoms with Crippen molar-refractivity contribution < 1.29 is 14.6 Å². The summed E-state index contributed by atoms with van der Waals surface area (Å²) in [5.41, 5.74) is 2.41. The fourth-order valence-corrected chi connectivity index (χ4v) is 3.41. The number of methoxy groups -OCH3 is 2. The Kier molecular flexibility index (Phi) is 6.15. The third-order valence-electron chi connectivity index (χ3n) is 4.76. The van der Waals surface area contributed by atoms with E-state index in [1.807, 2.05) is 66.7 Å². The molecule has 0 unspecified atom stereocenters.